The average molecular weight is 147 g/mol. The average Bonchev–Trinajstić information content (AvgIpc) is 1.91. The molecular formula is C9H14Mg. The third kappa shape index (κ3) is 3.23. The number of hydrogen-bond acceptors (Lipinski definition) is 0. The summed E-state index contributed by atoms with van der Waals surface area (Å²) in [6.45, 7) is 2.20. The zero-order valence-electron chi connectivity index (χ0n) is 8.51. The van der Waals surface area contributed by atoms with Crippen molar-refractivity contribution in [3.63, 3.8) is 0 Å². The van der Waals surface area contributed by atoms with Crippen LogP contribution in [0.1, 0.15) is 21.8 Å². The molecule has 0 atom stereocenters. The molecule has 0 aliphatic carbocycles. The Labute approximate surface area is 81.8 Å². The van der Waals surface area contributed by atoms with Crippen LogP contribution in [0.25, 0.3) is 0 Å². The van der Waals surface area contributed by atoms with Crippen LogP contribution in [-0.4, -0.2) is 23.1 Å². The van der Waals surface area contributed by atoms with E-state index in [1.54, 1.807) is 0 Å². The number of rotatable bonds is 2. The fourth-order valence-electron chi connectivity index (χ4n) is 0.933. The molecule has 0 amide bonds. The molecule has 0 aromatic heterocycles. The molecule has 0 saturated heterocycles. The van der Waals surface area contributed by atoms with E-state index in [0.717, 1.165) is 0 Å². The SMILES string of the molecule is CCCc1ccccc1.[H-].[H-].[Mg+2]. The molecule has 0 unspecified atom stereocenters. The summed E-state index contributed by atoms with van der Waals surface area (Å²) in [6, 6.07) is 10.6. The standard InChI is InChI=1S/C9H12.Mg.2H/c1-2-6-9-7-4-3-5-8-9;;;/h3-5,7-8H,2,6H2,1H3;;;/q;+2;2*-1. The Hall–Kier alpha value is -0.0138. The van der Waals surface area contributed by atoms with Gasteiger partial charge in [-0.05, 0) is 12.0 Å². The summed E-state index contributed by atoms with van der Waals surface area (Å²) in [5.74, 6) is 0. The second kappa shape index (κ2) is 5.75. The summed E-state index contributed by atoms with van der Waals surface area (Å²) in [6.07, 6.45) is 2.45. The van der Waals surface area contributed by atoms with Gasteiger partial charge >= 0.3 is 23.1 Å². The molecule has 0 N–H and O–H groups in total. The van der Waals surface area contributed by atoms with Gasteiger partial charge in [-0.2, -0.15) is 0 Å². The Balaban J connectivity index is -0.000000270. The van der Waals surface area contributed by atoms with Crippen LogP contribution in [0, 0.1) is 0 Å². The number of benzene rings is 1. The minimum atomic E-state index is 0. The molecule has 10 heavy (non-hydrogen) atoms. The van der Waals surface area contributed by atoms with Crippen molar-refractivity contribution in [1.82, 2.24) is 0 Å². The van der Waals surface area contributed by atoms with E-state index in [1.165, 1.54) is 18.4 Å². The van der Waals surface area contributed by atoms with E-state index in [2.05, 4.69) is 37.3 Å². The van der Waals surface area contributed by atoms with Crippen LogP contribution < -0.4 is 0 Å². The van der Waals surface area contributed by atoms with Crippen LogP contribution in [0.15, 0.2) is 30.3 Å². The van der Waals surface area contributed by atoms with E-state index >= 15 is 0 Å². The van der Waals surface area contributed by atoms with Crippen molar-refractivity contribution in [3.05, 3.63) is 35.9 Å². The van der Waals surface area contributed by atoms with Gasteiger partial charge in [0.2, 0.25) is 0 Å². The normalized spacial score (nSPS) is 8.50. The van der Waals surface area contributed by atoms with Gasteiger partial charge in [0.25, 0.3) is 0 Å². The summed E-state index contributed by atoms with van der Waals surface area (Å²) < 4.78 is 0. The van der Waals surface area contributed by atoms with Gasteiger partial charge in [0.15, 0.2) is 0 Å². The van der Waals surface area contributed by atoms with Crippen LogP contribution in [0.5, 0.6) is 0 Å². The van der Waals surface area contributed by atoms with Crippen molar-refractivity contribution in [2.75, 3.05) is 0 Å². The molecule has 0 saturated carbocycles. The number of hydrogen-bond donors (Lipinski definition) is 0. The molecule has 0 heterocycles. The van der Waals surface area contributed by atoms with Crippen molar-refractivity contribution in [1.29, 1.82) is 0 Å². The van der Waals surface area contributed by atoms with E-state index in [0.29, 0.717) is 0 Å². The molecule has 0 radical (unpaired) electrons. The number of aryl methyl sites for hydroxylation is 1. The van der Waals surface area contributed by atoms with Crippen molar-refractivity contribution >= 4 is 23.1 Å². The molecule has 1 aromatic carbocycles. The first-order valence-corrected chi connectivity index (χ1v) is 3.47. The molecule has 0 bridgehead atoms. The minimum absolute atomic E-state index is 0. The van der Waals surface area contributed by atoms with E-state index in [9.17, 15) is 0 Å². The molecule has 1 rings (SSSR count). The topological polar surface area (TPSA) is 0 Å². The Bertz CT molecular complexity index is 165. The predicted molar refractivity (Wildman–Crippen MR) is 48.4 cm³/mol. The van der Waals surface area contributed by atoms with Crippen LogP contribution in [0.4, 0.5) is 0 Å². The van der Waals surface area contributed by atoms with Crippen molar-refractivity contribution < 1.29 is 2.85 Å². The molecular weight excluding hydrogens is 132 g/mol. The maximum atomic E-state index is 2.20. The van der Waals surface area contributed by atoms with Gasteiger partial charge < -0.3 is 2.85 Å². The van der Waals surface area contributed by atoms with Gasteiger partial charge in [-0.3, -0.25) is 0 Å². The summed E-state index contributed by atoms with van der Waals surface area (Å²) >= 11 is 0. The molecule has 1 heteroatoms. The largest absolute Gasteiger partial charge is 2.00 e. The van der Waals surface area contributed by atoms with Gasteiger partial charge in [0.1, 0.15) is 0 Å². The third-order valence-electron chi connectivity index (χ3n) is 1.38. The smallest absolute Gasteiger partial charge is 1.00 e. The van der Waals surface area contributed by atoms with Crippen molar-refractivity contribution in [3.8, 4) is 0 Å². The predicted octanol–water partition coefficient (Wildman–Crippen LogP) is 2.48. The molecule has 0 spiro atoms. The Morgan fingerprint density at radius 2 is 1.80 bits per heavy atom. The van der Waals surface area contributed by atoms with Gasteiger partial charge in [-0.1, -0.05) is 43.7 Å². The summed E-state index contributed by atoms with van der Waals surface area (Å²) in [4.78, 5) is 0. The van der Waals surface area contributed by atoms with Crippen molar-refractivity contribution in [2.24, 2.45) is 0 Å². The Morgan fingerprint density at radius 1 is 1.20 bits per heavy atom. The zero-order chi connectivity index (χ0) is 6.53. The Kier molecular flexibility index (Phi) is 5.74. The van der Waals surface area contributed by atoms with Crippen LogP contribution >= 0.6 is 0 Å². The monoisotopic (exact) mass is 146 g/mol. The summed E-state index contributed by atoms with van der Waals surface area (Å²) in [7, 11) is 0. The third-order valence-corrected chi connectivity index (χ3v) is 1.38. The van der Waals surface area contributed by atoms with E-state index in [-0.39, 0.29) is 25.9 Å². The van der Waals surface area contributed by atoms with E-state index in [1.807, 2.05) is 0 Å². The van der Waals surface area contributed by atoms with E-state index < -0.39 is 0 Å². The molecule has 0 nitrogen and oxygen atoms in total. The quantitative estimate of drug-likeness (QED) is 0.563. The second-order valence-electron chi connectivity index (χ2n) is 2.24. The Morgan fingerprint density at radius 3 is 2.30 bits per heavy atom. The molecule has 1 aromatic rings. The molecule has 52 valence electrons. The van der Waals surface area contributed by atoms with E-state index in [4.69, 9.17) is 0 Å². The summed E-state index contributed by atoms with van der Waals surface area (Å²) in [5, 5.41) is 0. The maximum absolute atomic E-state index is 2.20. The van der Waals surface area contributed by atoms with Gasteiger partial charge in [-0.15, -0.1) is 0 Å². The van der Waals surface area contributed by atoms with Crippen LogP contribution in [0.2, 0.25) is 0 Å². The second-order valence-corrected chi connectivity index (χ2v) is 2.24. The summed E-state index contributed by atoms with van der Waals surface area (Å²) in [5.41, 5.74) is 1.44. The first kappa shape index (κ1) is 9.99. The van der Waals surface area contributed by atoms with Gasteiger partial charge in [-0.25, -0.2) is 0 Å². The molecule has 0 fully saturated rings. The first-order chi connectivity index (χ1) is 4.43. The fraction of sp³-hybridized carbons (Fsp3) is 0.333. The van der Waals surface area contributed by atoms with Gasteiger partial charge in [0, 0.05) is 0 Å². The van der Waals surface area contributed by atoms with Crippen LogP contribution in [-0.2, 0) is 6.42 Å². The maximum Gasteiger partial charge on any atom is 2.00 e. The van der Waals surface area contributed by atoms with Crippen molar-refractivity contribution in [2.45, 2.75) is 19.8 Å². The zero-order valence-corrected chi connectivity index (χ0v) is 7.92. The van der Waals surface area contributed by atoms with Crippen LogP contribution in [0.3, 0.4) is 0 Å². The van der Waals surface area contributed by atoms with Gasteiger partial charge in [0.05, 0.1) is 0 Å². The molecule has 0 aliphatic heterocycles. The minimum Gasteiger partial charge on any atom is -1.00 e. The fourth-order valence-corrected chi connectivity index (χ4v) is 0.933. The molecule has 0 aliphatic rings. The first-order valence-electron chi connectivity index (χ1n) is 3.47.